The largest absolute Gasteiger partial charge is 0.316 e. The molecule has 1 heteroatoms. The van der Waals surface area contributed by atoms with Crippen LogP contribution in [-0.4, -0.2) is 13.1 Å². The van der Waals surface area contributed by atoms with Gasteiger partial charge in [0.05, 0.1) is 0 Å². The van der Waals surface area contributed by atoms with Crippen LogP contribution < -0.4 is 5.32 Å². The molecule has 1 aliphatic heterocycles. The van der Waals surface area contributed by atoms with Crippen molar-refractivity contribution in [3.8, 4) is 0 Å². The molecule has 1 atom stereocenters. The Hall–Kier alpha value is -0.0400. The average Bonchev–Trinajstić information content (AvgIpc) is 2.15. The van der Waals surface area contributed by atoms with Crippen LogP contribution >= 0.6 is 0 Å². The van der Waals surface area contributed by atoms with E-state index in [2.05, 4.69) is 12.2 Å². The zero-order valence-electron chi connectivity index (χ0n) is 9.65. The zero-order valence-corrected chi connectivity index (χ0v) is 9.65. The Bertz CT molecular complexity index is 168. The molecule has 0 aromatic rings. The minimum absolute atomic E-state index is 0.728. The molecular formula is C13H25N. The second kappa shape index (κ2) is 4.65. The highest BCUT2D eigenvalue weighted by Crippen LogP contribution is 2.44. The third-order valence-corrected chi connectivity index (χ3v) is 4.64. The summed E-state index contributed by atoms with van der Waals surface area (Å²) in [6.45, 7) is 5.00. The summed E-state index contributed by atoms with van der Waals surface area (Å²) in [6.07, 6.45) is 11.9. The lowest BCUT2D eigenvalue weighted by atomic mass is 9.65. The molecule has 0 aromatic heterocycles. The minimum Gasteiger partial charge on any atom is -0.316 e. The van der Waals surface area contributed by atoms with Gasteiger partial charge in [0.2, 0.25) is 0 Å². The lowest BCUT2D eigenvalue weighted by Crippen LogP contribution is -2.44. The van der Waals surface area contributed by atoms with Gasteiger partial charge in [-0.2, -0.15) is 0 Å². The molecule has 1 unspecified atom stereocenters. The quantitative estimate of drug-likeness (QED) is 0.625. The van der Waals surface area contributed by atoms with Crippen LogP contribution in [0.1, 0.15) is 58.3 Å². The first-order chi connectivity index (χ1) is 6.83. The Morgan fingerprint density at radius 3 is 2.21 bits per heavy atom. The molecule has 1 saturated carbocycles. The number of piperidine rings is 1. The Balaban J connectivity index is 2.01. The summed E-state index contributed by atoms with van der Waals surface area (Å²) in [5.74, 6) is 0.911. The second-order valence-corrected chi connectivity index (χ2v) is 5.49. The fourth-order valence-corrected chi connectivity index (χ4v) is 3.47. The summed E-state index contributed by atoms with van der Waals surface area (Å²) < 4.78 is 0. The molecule has 1 nitrogen and oxygen atoms in total. The number of rotatable bonds is 0. The van der Waals surface area contributed by atoms with E-state index in [4.69, 9.17) is 0 Å². The molecule has 0 bridgehead atoms. The summed E-state index contributed by atoms with van der Waals surface area (Å²) in [6, 6.07) is 0. The van der Waals surface area contributed by atoms with Crippen LogP contribution in [0.5, 0.6) is 0 Å². The van der Waals surface area contributed by atoms with Crippen LogP contribution in [0.25, 0.3) is 0 Å². The van der Waals surface area contributed by atoms with Gasteiger partial charge in [-0.15, -0.1) is 0 Å². The normalized spacial score (nSPS) is 33.6. The van der Waals surface area contributed by atoms with Gasteiger partial charge in [-0.3, -0.25) is 0 Å². The lowest BCUT2D eigenvalue weighted by Gasteiger charge is -2.44. The van der Waals surface area contributed by atoms with Crippen molar-refractivity contribution in [3.63, 3.8) is 0 Å². The van der Waals surface area contributed by atoms with Gasteiger partial charge in [-0.05, 0) is 43.7 Å². The smallest absolute Gasteiger partial charge is 0.00178 e. The molecule has 2 fully saturated rings. The van der Waals surface area contributed by atoms with Gasteiger partial charge in [0.15, 0.2) is 0 Å². The molecule has 82 valence electrons. The van der Waals surface area contributed by atoms with Crippen molar-refractivity contribution in [1.82, 2.24) is 5.32 Å². The van der Waals surface area contributed by atoms with Gasteiger partial charge in [0, 0.05) is 0 Å². The second-order valence-electron chi connectivity index (χ2n) is 5.49. The highest BCUT2D eigenvalue weighted by Gasteiger charge is 2.37. The van der Waals surface area contributed by atoms with Crippen molar-refractivity contribution in [1.29, 1.82) is 0 Å². The maximum Gasteiger partial charge on any atom is -0.00178 e. The predicted molar refractivity (Wildman–Crippen MR) is 61.4 cm³/mol. The van der Waals surface area contributed by atoms with Crippen LogP contribution in [0.3, 0.4) is 0 Å². The zero-order chi connectivity index (χ0) is 9.86. The summed E-state index contributed by atoms with van der Waals surface area (Å²) in [4.78, 5) is 0. The highest BCUT2D eigenvalue weighted by molar-refractivity contribution is 4.90. The van der Waals surface area contributed by atoms with E-state index in [0.29, 0.717) is 0 Å². The monoisotopic (exact) mass is 195 g/mol. The topological polar surface area (TPSA) is 12.0 Å². The van der Waals surface area contributed by atoms with E-state index in [1.165, 1.54) is 64.5 Å². The summed E-state index contributed by atoms with van der Waals surface area (Å²) in [5, 5.41) is 3.54. The van der Waals surface area contributed by atoms with Crippen LogP contribution in [0.4, 0.5) is 0 Å². The molecule has 1 N–H and O–H groups in total. The predicted octanol–water partition coefficient (Wildman–Crippen LogP) is 3.35. The highest BCUT2D eigenvalue weighted by atomic mass is 14.9. The van der Waals surface area contributed by atoms with E-state index in [1.54, 1.807) is 0 Å². The molecule has 0 aromatic carbocycles. The molecule has 1 aliphatic carbocycles. The van der Waals surface area contributed by atoms with Crippen molar-refractivity contribution in [2.75, 3.05) is 13.1 Å². The number of hydrogen-bond donors (Lipinski definition) is 1. The third-order valence-electron chi connectivity index (χ3n) is 4.64. The number of hydrogen-bond acceptors (Lipinski definition) is 1. The molecule has 14 heavy (non-hydrogen) atoms. The fraction of sp³-hybridized carbons (Fsp3) is 1.00. The van der Waals surface area contributed by atoms with Gasteiger partial charge in [0.1, 0.15) is 0 Å². The Morgan fingerprint density at radius 1 is 0.929 bits per heavy atom. The summed E-state index contributed by atoms with van der Waals surface area (Å²) in [7, 11) is 0. The van der Waals surface area contributed by atoms with Crippen LogP contribution in [0.15, 0.2) is 0 Å². The van der Waals surface area contributed by atoms with Crippen molar-refractivity contribution >= 4 is 0 Å². The molecule has 2 aliphatic rings. The van der Waals surface area contributed by atoms with E-state index in [0.717, 1.165) is 11.3 Å². The number of nitrogens with one attached hydrogen (secondary N) is 1. The van der Waals surface area contributed by atoms with Gasteiger partial charge in [-0.1, -0.05) is 39.0 Å². The summed E-state index contributed by atoms with van der Waals surface area (Å²) in [5.41, 5.74) is 0.728. The molecular weight excluding hydrogens is 170 g/mol. The van der Waals surface area contributed by atoms with Crippen LogP contribution in [0.2, 0.25) is 0 Å². The standard InChI is InChI=1S/C13H25N/c1-12-11-14-10-9-13(12)7-5-3-2-4-6-8-13/h12,14H,2-11H2,1H3. The fourth-order valence-electron chi connectivity index (χ4n) is 3.47. The minimum atomic E-state index is 0.728. The van der Waals surface area contributed by atoms with E-state index in [-0.39, 0.29) is 0 Å². The molecule has 0 amide bonds. The van der Waals surface area contributed by atoms with E-state index in [9.17, 15) is 0 Å². The molecule has 2 rings (SSSR count). The molecule has 1 spiro atoms. The van der Waals surface area contributed by atoms with Gasteiger partial charge >= 0.3 is 0 Å². The van der Waals surface area contributed by atoms with Crippen LogP contribution in [0, 0.1) is 11.3 Å². The van der Waals surface area contributed by atoms with Gasteiger partial charge < -0.3 is 5.32 Å². The van der Waals surface area contributed by atoms with Crippen molar-refractivity contribution in [2.45, 2.75) is 58.3 Å². The third kappa shape index (κ3) is 2.13. The first-order valence-corrected chi connectivity index (χ1v) is 6.54. The van der Waals surface area contributed by atoms with Crippen molar-refractivity contribution in [3.05, 3.63) is 0 Å². The first-order valence-electron chi connectivity index (χ1n) is 6.54. The molecule has 0 radical (unpaired) electrons. The average molecular weight is 195 g/mol. The Kier molecular flexibility index (Phi) is 3.48. The van der Waals surface area contributed by atoms with Crippen molar-refractivity contribution in [2.24, 2.45) is 11.3 Å². The molecule has 1 heterocycles. The van der Waals surface area contributed by atoms with Crippen LogP contribution in [-0.2, 0) is 0 Å². The van der Waals surface area contributed by atoms with Crippen molar-refractivity contribution < 1.29 is 0 Å². The maximum atomic E-state index is 3.54. The summed E-state index contributed by atoms with van der Waals surface area (Å²) >= 11 is 0. The van der Waals surface area contributed by atoms with E-state index < -0.39 is 0 Å². The molecule has 1 saturated heterocycles. The van der Waals surface area contributed by atoms with E-state index >= 15 is 0 Å². The SMILES string of the molecule is CC1CNCCC12CCCCCCC2. The Labute approximate surface area is 88.7 Å². The van der Waals surface area contributed by atoms with Gasteiger partial charge in [-0.25, -0.2) is 0 Å². The van der Waals surface area contributed by atoms with Gasteiger partial charge in [0.25, 0.3) is 0 Å². The Morgan fingerprint density at radius 2 is 1.57 bits per heavy atom. The first kappa shape index (κ1) is 10.5. The maximum absolute atomic E-state index is 3.54. The van der Waals surface area contributed by atoms with E-state index in [1.807, 2.05) is 0 Å². The lowest BCUT2D eigenvalue weighted by molar-refractivity contribution is 0.0831.